The zero-order valence-electron chi connectivity index (χ0n) is 9.91. The summed E-state index contributed by atoms with van der Waals surface area (Å²) >= 11 is 3.31. The Kier molecular flexibility index (Phi) is 3.92. The summed E-state index contributed by atoms with van der Waals surface area (Å²) in [6, 6.07) is 6.96. The average Bonchev–Trinajstić information content (AvgIpc) is 2.43. The Morgan fingerprint density at radius 3 is 2.84 bits per heavy atom. The highest BCUT2D eigenvalue weighted by Gasteiger charge is 2.09. The summed E-state index contributed by atoms with van der Waals surface area (Å²) in [5.74, 6) is -0.186. The molecule has 0 saturated heterocycles. The van der Waals surface area contributed by atoms with Crippen LogP contribution in [-0.4, -0.2) is 17.0 Å². The quantitative estimate of drug-likeness (QED) is 0.909. The van der Waals surface area contributed by atoms with Crippen LogP contribution in [0.1, 0.15) is 5.56 Å². The van der Waals surface area contributed by atoms with Gasteiger partial charge in [-0.2, -0.15) is 10.2 Å². The first-order valence-corrected chi connectivity index (χ1v) is 6.10. The highest BCUT2D eigenvalue weighted by atomic mass is 79.9. The topological polar surface area (TPSA) is 73.6 Å². The summed E-state index contributed by atoms with van der Waals surface area (Å²) in [7, 11) is 1.65. The summed E-state index contributed by atoms with van der Waals surface area (Å²) in [4.78, 5) is 7.73. The van der Waals surface area contributed by atoms with Gasteiger partial charge in [0.05, 0.1) is 23.5 Å². The minimum absolute atomic E-state index is 0.0600. The van der Waals surface area contributed by atoms with Crippen molar-refractivity contribution in [3.8, 4) is 6.07 Å². The van der Waals surface area contributed by atoms with Gasteiger partial charge in [0.2, 0.25) is 5.95 Å². The van der Waals surface area contributed by atoms with Crippen molar-refractivity contribution in [2.45, 2.75) is 0 Å². The summed E-state index contributed by atoms with van der Waals surface area (Å²) in [6.45, 7) is 0. The van der Waals surface area contributed by atoms with E-state index in [-0.39, 0.29) is 5.82 Å². The first-order chi connectivity index (χ1) is 9.13. The van der Waals surface area contributed by atoms with Crippen LogP contribution in [0.25, 0.3) is 0 Å². The lowest BCUT2D eigenvalue weighted by atomic mass is 10.2. The zero-order chi connectivity index (χ0) is 13.8. The molecular formula is C12H9BrFN5. The molecule has 0 fully saturated rings. The average molecular weight is 322 g/mol. The molecule has 0 radical (unpaired) electrons. The fourth-order valence-electron chi connectivity index (χ4n) is 1.39. The summed E-state index contributed by atoms with van der Waals surface area (Å²) in [5.41, 5.74) is 1.12. The van der Waals surface area contributed by atoms with Gasteiger partial charge in [-0.3, -0.25) is 0 Å². The van der Waals surface area contributed by atoms with Crippen LogP contribution < -0.4 is 10.6 Å². The number of halogens is 2. The molecule has 1 aromatic carbocycles. The third kappa shape index (κ3) is 2.98. The molecule has 0 saturated carbocycles. The Labute approximate surface area is 117 Å². The van der Waals surface area contributed by atoms with E-state index in [2.05, 4.69) is 36.5 Å². The van der Waals surface area contributed by atoms with Gasteiger partial charge in [-0.05, 0) is 34.1 Å². The maximum atomic E-state index is 13.6. The van der Waals surface area contributed by atoms with Crippen LogP contribution in [0.4, 0.5) is 21.8 Å². The van der Waals surface area contributed by atoms with E-state index in [1.807, 2.05) is 6.07 Å². The molecule has 0 aliphatic rings. The van der Waals surface area contributed by atoms with Crippen LogP contribution in [0, 0.1) is 17.1 Å². The zero-order valence-corrected chi connectivity index (χ0v) is 11.5. The number of nitrogens with one attached hydrogen (secondary N) is 2. The second-order valence-electron chi connectivity index (χ2n) is 3.57. The van der Waals surface area contributed by atoms with Gasteiger partial charge in [-0.25, -0.2) is 9.37 Å². The van der Waals surface area contributed by atoms with E-state index in [1.54, 1.807) is 25.2 Å². The highest BCUT2D eigenvalue weighted by Crippen LogP contribution is 2.27. The summed E-state index contributed by atoms with van der Waals surface area (Å²) in [5, 5.41) is 14.3. The first-order valence-electron chi connectivity index (χ1n) is 5.31. The van der Waals surface area contributed by atoms with Gasteiger partial charge in [0, 0.05) is 11.5 Å². The molecule has 0 unspecified atom stereocenters. The van der Waals surface area contributed by atoms with E-state index in [1.165, 1.54) is 0 Å². The largest absolute Gasteiger partial charge is 0.357 e. The number of aromatic nitrogens is 2. The molecule has 2 aromatic rings. The normalized spacial score (nSPS) is 9.79. The van der Waals surface area contributed by atoms with Crippen molar-refractivity contribution >= 4 is 33.4 Å². The molecular weight excluding hydrogens is 313 g/mol. The van der Waals surface area contributed by atoms with Crippen LogP contribution in [0.3, 0.4) is 0 Å². The Morgan fingerprint density at radius 2 is 2.21 bits per heavy atom. The second-order valence-corrected chi connectivity index (χ2v) is 4.43. The molecule has 2 N–H and O–H groups in total. The smallest absolute Gasteiger partial charge is 0.224 e. The third-order valence-electron chi connectivity index (χ3n) is 2.32. The number of benzene rings is 1. The van der Waals surface area contributed by atoms with E-state index < -0.39 is 5.82 Å². The molecule has 7 heteroatoms. The van der Waals surface area contributed by atoms with Gasteiger partial charge in [0.1, 0.15) is 0 Å². The molecule has 2 rings (SSSR count). The van der Waals surface area contributed by atoms with Gasteiger partial charge in [0.15, 0.2) is 11.6 Å². The highest BCUT2D eigenvalue weighted by molar-refractivity contribution is 9.10. The molecule has 96 valence electrons. The Morgan fingerprint density at radius 1 is 1.42 bits per heavy atom. The number of nitriles is 1. The molecule has 5 nitrogen and oxygen atoms in total. The van der Waals surface area contributed by atoms with Crippen molar-refractivity contribution in [3.05, 3.63) is 40.2 Å². The van der Waals surface area contributed by atoms with Crippen molar-refractivity contribution in [3.63, 3.8) is 0 Å². The molecule has 0 bridgehead atoms. The van der Waals surface area contributed by atoms with Crippen molar-refractivity contribution in [2.24, 2.45) is 0 Å². The van der Waals surface area contributed by atoms with Crippen LogP contribution in [0.15, 0.2) is 28.9 Å². The Hall–Kier alpha value is -2.20. The van der Waals surface area contributed by atoms with Crippen LogP contribution in [0.2, 0.25) is 0 Å². The van der Waals surface area contributed by atoms with Gasteiger partial charge in [-0.15, -0.1) is 0 Å². The van der Waals surface area contributed by atoms with Gasteiger partial charge < -0.3 is 10.6 Å². The van der Waals surface area contributed by atoms with Crippen LogP contribution in [0.5, 0.6) is 0 Å². The predicted octanol–water partition coefficient (Wildman–Crippen LogP) is 3.04. The van der Waals surface area contributed by atoms with E-state index in [4.69, 9.17) is 5.26 Å². The maximum Gasteiger partial charge on any atom is 0.224 e. The fraction of sp³-hybridized carbons (Fsp3) is 0.0833. The molecule has 0 spiro atoms. The molecule has 0 atom stereocenters. The van der Waals surface area contributed by atoms with Gasteiger partial charge in [-0.1, -0.05) is 0 Å². The predicted molar refractivity (Wildman–Crippen MR) is 73.7 cm³/mol. The number of anilines is 3. The Balaban J connectivity index is 2.33. The van der Waals surface area contributed by atoms with Crippen molar-refractivity contribution < 1.29 is 4.39 Å². The lowest BCUT2D eigenvalue weighted by Gasteiger charge is -2.09. The lowest BCUT2D eigenvalue weighted by Crippen LogP contribution is -2.03. The SMILES string of the molecule is CNc1ncc(F)c(Nc2ccc(C#N)cc2Br)n1. The van der Waals surface area contributed by atoms with Crippen molar-refractivity contribution in [2.75, 3.05) is 17.7 Å². The number of rotatable bonds is 3. The number of nitrogens with zero attached hydrogens (tertiary/aromatic N) is 3. The molecule has 0 amide bonds. The first kappa shape index (κ1) is 13.2. The molecule has 1 heterocycles. The monoisotopic (exact) mass is 321 g/mol. The minimum Gasteiger partial charge on any atom is -0.357 e. The lowest BCUT2D eigenvalue weighted by molar-refractivity contribution is 0.619. The third-order valence-corrected chi connectivity index (χ3v) is 2.98. The van der Waals surface area contributed by atoms with Crippen LogP contribution >= 0.6 is 15.9 Å². The standard InChI is InChI=1S/C12H9BrFN5/c1-16-12-17-6-9(14)11(19-12)18-10-3-2-7(5-15)4-8(10)13/h2-4,6H,1H3,(H2,16,17,18,19). The van der Waals surface area contributed by atoms with E-state index in [9.17, 15) is 4.39 Å². The number of hydrogen-bond donors (Lipinski definition) is 2. The van der Waals surface area contributed by atoms with E-state index in [0.29, 0.717) is 21.7 Å². The summed E-state index contributed by atoms with van der Waals surface area (Å²) < 4.78 is 14.2. The molecule has 1 aromatic heterocycles. The number of hydrogen-bond acceptors (Lipinski definition) is 5. The maximum absolute atomic E-state index is 13.6. The minimum atomic E-state index is -0.560. The molecule has 0 aliphatic carbocycles. The fourth-order valence-corrected chi connectivity index (χ4v) is 1.87. The molecule has 0 aliphatic heterocycles. The van der Waals surface area contributed by atoms with Crippen molar-refractivity contribution in [1.29, 1.82) is 5.26 Å². The van der Waals surface area contributed by atoms with Crippen LogP contribution in [-0.2, 0) is 0 Å². The second kappa shape index (κ2) is 5.63. The van der Waals surface area contributed by atoms with Crippen molar-refractivity contribution in [1.82, 2.24) is 9.97 Å². The molecule has 19 heavy (non-hydrogen) atoms. The van der Waals surface area contributed by atoms with Gasteiger partial charge in [0.25, 0.3) is 0 Å². The van der Waals surface area contributed by atoms with E-state index >= 15 is 0 Å². The Bertz CT molecular complexity index is 653. The van der Waals surface area contributed by atoms with Gasteiger partial charge >= 0.3 is 0 Å². The van der Waals surface area contributed by atoms with E-state index in [0.717, 1.165) is 6.20 Å². The summed E-state index contributed by atoms with van der Waals surface area (Å²) in [6.07, 6.45) is 1.08.